The van der Waals surface area contributed by atoms with Gasteiger partial charge in [0.15, 0.2) is 0 Å². The van der Waals surface area contributed by atoms with Gasteiger partial charge in [-0.05, 0) is 48.0 Å². The number of anilines is 1. The van der Waals surface area contributed by atoms with Gasteiger partial charge in [-0.1, -0.05) is 0 Å². The van der Waals surface area contributed by atoms with Crippen molar-refractivity contribution in [3.05, 3.63) is 69.8 Å². The number of nitro benzene ring substituents is 1. The number of nitrogens with one attached hydrogen (secondary N) is 1. The molecular formula is C16H11N3O4. The summed E-state index contributed by atoms with van der Waals surface area (Å²) in [4.78, 5) is 22.1. The molecule has 7 nitrogen and oxygen atoms in total. The first-order valence-electron chi connectivity index (χ1n) is 6.46. The molecule has 1 amide bonds. The first-order chi connectivity index (χ1) is 11.0. The van der Waals surface area contributed by atoms with Crippen LogP contribution in [0.5, 0.6) is 5.75 Å². The third-order valence-electron chi connectivity index (χ3n) is 2.91. The number of carbonyl (C=O) groups excluding carboxylic acids is 1. The largest absolute Gasteiger partial charge is 0.508 e. The number of amides is 1. The molecule has 0 heterocycles. The molecule has 0 saturated heterocycles. The summed E-state index contributed by atoms with van der Waals surface area (Å²) in [6.07, 6.45) is 1.33. The molecule has 2 N–H and O–H groups in total. The van der Waals surface area contributed by atoms with Crippen LogP contribution in [0.3, 0.4) is 0 Å². The Morgan fingerprint density at radius 2 is 1.78 bits per heavy atom. The standard InChI is InChI=1S/C16H11N3O4/c17-10-12(9-11-1-5-14(6-2-11)19(22)23)16(21)18-13-3-7-15(20)8-4-13/h1-9,20H,(H,18,21). The quantitative estimate of drug-likeness (QED) is 0.296. The normalized spacial score (nSPS) is 10.7. The lowest BCUT2D eigenvalue weighted by Gasteiger charge is -2.04. The number of phenols is 1. The van der Waals surface area contributed by atoms with Crippen LogP contribution in [0.1, 0.15) is 5.56 Å². The van der Waals surface area contributed by atoms with E-state index in [0.29, 0.717) is 11.3 Å². The fourth-order valence-electron chi connectivity index (χ4n) is 1.75. The van der Waals surface area contributed by atoms with Crippen molar-refractivity contribution in [3.63, 3.8) is 0 Å². The predicted octanol–water partition coefficient (Wildman–Crippen LogP) is 2.85. The van der Waals surface area contributed by atoms with Crippen LogP contribution in [0.2, 0.25) is 0 Å². The van der Waals surface area contributed by atoms with E-state index in [4.69, 9.17) is 5.26 Å². The van der Waals surface area contributed by atoms with E-state index in [1.54, 1.807) is 6.07 Å². The van der Waals surface area contributed by atoms with Crippen LogP contribution in [0.15, 0.2) is 54.1 Å². The van der Waals surface area contributed by atoms with E-state index >= 15 is 0 Å². The smallest absolute Gasteiger partial charge is 0.269 e. The summed E-state index contributed by atoms with van der Waals surface area (Å²) in [7, 11) is 0. The Kier molecular flexibility index (Phi) is 4.69. The molecule has 0 aliphatic carbocycles. The Morgan fingerprint density at radius 3 is 2.30 bits per heavy atom. The summed E-state index contributed by atoms with van der Waals surface area (Å²) >= 11 is 0. The number of aromatic hydroxyl groups is 1. The average molecular weight is 309 g/mol. The zero-order chi connectivity index (χ0) is 16.8. The number of nitrogens with zero attached hydrogens (tertiary/aromatic N) is 2. The van der Waals surface area contributed by atoms with Gasteiger partial charge in [-0.25, -0.2) is 0 Å². The molecule has 7 heteroatoms. The molecule has 0 spiro atoms. The topological polar surface area (TPSA) is 116 Å². The van der Waals surface area contributed by atoms with Gasteiger partial charge in [0.1, 0.15) is 17.4 Å². The molecule has 2 aromatic carbocycles. The highest BCUT2D eigenvalue weighted by atomic mass is 16.6. The van der Waals surface area contributed by atoms with Crippen molar-refractivity contribution in [1.29, 1.82) is 5.26 Å². The van der Waals surface area contributed by atoms with E-state index in [1.807, 2.05) is 0 Å². The van der Waals surface area contributed by atoms with Crippen molar-refractivity contribution >= 4 is 23.4 Å². The van der Waals surface area contributed by atoms with Crippen LogP contribution in [0.25, 0.3) is 6.08 Å². The zero-order valence-electron chi connectivity index (χ0n) is 11.8. The van der Waals surface area contributed by atoms with Gasteiger partial charge in [-0.3, -0.25) is 14.9 Å². The number of non-ortho nitro benzene ring substituents is 1. The summed E-state index contributed by atoms with van der Waals surface area (Å²) in [5.41, 5.74) is 0.701. The molecule has 0 saturated carbocycles. The van der Waals surface area contributed by atoms with Crippen LogP contribution in [0, 0.1) is 21.4 Å². The van der Waals surface area contributed by atoms with Crippen LogP contribution in [0.4, 0.5) is 11.4 Å². The molecule has 0 radical (unpaired) electrons. The second-order valence-electron chi connectivity index (χ2n) is 4.52. The Hall–Kier alpha value is -3.66. The maximum atomic E-state index is 12.0. The maximum absolute atomic E-state index is 12.0. The van der Waals surface area contributed by atoms with E-state index in [-0.39, 0.29) is 17.0 Å². The fraction of sp³-hybridized carbons (Fsp3) is 0. The van der Waals surface area contributed by atoms with Crippen molar-refractivity contribution in [2.24, 2.45) is 0 Å². The van der Waals surface area contributed by atoms with Crippen LogP contribution < -0.4 is 5.32 Å². The van der Waals surface area contributed by atoms with Crippen molar-refractivity contribution in [1.82, 2.24) is 0 Å². The molecule has 0 bridgehead atoms. The average Bonchev–Trinajstić information content (AvgIpc) is 2.55. The minimum Gasteiger partial charge on any atom is -0.508 e. The molecule has 2 aromatic rings. The fourth-order valence-corrected chi connectivity index (χ4v) is 1.75. The van der Waals surface area contributed by atoms with E-state index < -0.39 is 10.8 Å². The number of hydrogen-bond donors (Lipinski definition) is 2. The Morgan fingerprint density at radius 1 is 1.17 bits per heavy atom. The minimum absolute atomic E-state index is 0.0601. The Bertz CT molecular complexity index is 803. The first-order valence-corrected chi connectivity index (χ1v) is 6.46. The van der Waals surface area contributed by atoms with Crippen LogP contribution >= 0.6 is 0 Å². The Labute approximate surface area is 131 Å². The van der Waals surface area contributed by atoms with E-state index in [0.717, 1.165) is 0 Å². The molecule has 2 rings (SSSR count). The summed E-state index contributed by atoms with van der Waals surface area (Å²) < 4.78 is 0. The van der Waals surface area contributed by atoms with Crippen molar-refractivity contribution in [3.8, 4) is 11.8 Å². The van der Waals surface area contributed by atoms with Gasteiger partial charge in [0.2, 0.25) is 0 Å². The van der Waals surface area contributed by atoms with E-state index in [1.165, 1.54) is 54.6 Å². The highest BCUT2D eigenvalue weighted by Gasteiger charge is 2.10. The highest BCUT2D eigenvalue weighted by molar-refractivity contribution is 6.09. The van der Waals surface area contributed by atoms with Gasteiger partial charge in [-0.2, -0.15) is 5.26 Å². The Balaban J connectivity index is 2.17. The van der Waals surface area contributed by atoms with Crippen LogP contribution in [-0.2, 0) is 4.79 Å². The number of carbonyl (C=O) groups is 1. The molecule has 0 aromatic heterocycles. The van der Waals surface area contributed by atoms with E-state index in [9.17, 15) is 20.0 Å². The van der Waals surface area contributed by atoms with Gasteiger partial charge >= 0.3 is 0 Å². The zero-order valence-corrected chi connectivity index (χ0v) is 11.8. The van der Waals surface area contributed by atoms with Gasteiger partial charge in [0.25, 0.3) is 11.6 Å². The predicted molar refractivity (Wildman–Crippen MR) is 83.4 cm³/mol. The summed E-state index contributed by atoms with van der Waals surface area (Å²) in [5.74, 6) is -0.554. The van der Waals surface area contributed by atoms with Gasteiger partial charge in [0, 0.05) is 17.8 Å². The molecule has 114 valence electrons. The molecule has 0 unspecified atom stereocenters. The number of nitro groups is 1. The number of phenolic OH excluding ortho intramolecular Hbond substituents is 1. The van der Waals surface area contributed by atoms with Gasteiger partial charge in [-0.15, -0.1) is 0 Å². The van der Waals surface area contributed by atoms with Gasteiger partial charge < -0.3 is 10.4 Å². The second-order valence-corrected chi connectivity index (χ2v) is 4.52. The molecule has 0 fully saturated rings. The van der Waals surface area contributed by atoms with Crippen molar-refractivity contribution < 1.29 is 14.8 Å². The second kappa shape index (κ2) is 6.87. The van der Waals surface area contributed by atoms with Gasteiger partial charge in [0.05, 0.1) is 4.92 Å². The lowest BCUT2D eigenvalue weighted by molar-refractivity contribution is -0.384. The van der Waals surface area contributed by atoms with Crippen LogP contribution in [-0.4, -0.2) is 15.9 Å². The number of rotatable bonds is 4. The lowest BCUT2D eigenvalue weighted by Crippen LogP contribution is -2.13. The third kappa shape index (κ3) is 4.15. The molecule has 0 aliphatic heterocycles. The first kappa shape index (κ1) is 15.7. The molecule has 0 aliphatic rings. The molecule has 0 atom stereocenters. The summed E-state index contributed by atoms with van der Waals surface area (Å²) in [6, 6.07) is 13.1. The number of hydrogen-bond acceptors (Lipinski definition) is 5. The maximum Gasteiger partial charge on any atom is 0.269 e. The number of benzene rings is 2. The molecule has 23 heavy (non-hydrogen) atoms. The van der Waals surface area contributed by atoms with Crippen molar-refractivity contribution in [2.45, 2.75) is 0 Å². The number of nitriles is 1. The minimum atomic E-state index is -0.614. The summed E-state index contributed by atoms with van der Waals surface area (Å²) in [6.45, 7) is 0. The molecular weight excluding hydrogens is 298 g/mol. The third-order valence-corrected chi connectivity index (χ3v) is 2.91. The SMILES string of the molecule is N#CC(=Cc1ccc([N+](=O)[O-])cc1)C(=O)Nc1ccc(O)cc1. The van der Waals surface area contributed by atoms with Crippen molar-refractivity contribution in [2.75, 3.05) is 5.32 Å². The highest BCUT2D eigenvalue weighted by Crippen LogP contribution is 2.17. The monoisotopic (exact) mass is 309 g/mol. The lowest BCUT2D eigenvalue weighted by atomic mass is 10.1. The summed E-state index contributed by atoms with van der Waals surface area (Å²) in [5, 5.41) is 31.4. The van der Waals surface area contributed by atoms with E-state index in [2.05, 4.69) is 5.32 Å².